The lowest BCUT2D eigenvalue weighted by molar-refractivity contribution is -0.128. The largest absolute Gasteiger partial charge is 0.373 e. The number of nitrogens with one attached hydrogen (secondary N) is 1. The van der Waals surface area contributed by atoms with Crippen LogP contribution in [0.3, 0.4) is 0 Å². The number of benzene rings is 2. The molecule has 0 saturated heterocycles. The number of allylic oxidation sites excluding steroid dienone is 1. The van der Waals surface area contributed by atoms with E-state index in [1.54, 1.807) is 12.2 Å². The van der Waals surface area contributed by atoms with E-state index in [0.29, 0.717) is 26.2 Å². The third kappa shape index (κ3) is 4.84. The van der Waals surface area contributed by atoms with Gasteiger partial charge in [0.1, 0.15) is 6.29 Å². The molecule has 0 aliphatic carbocycles. The van der Waals surface area contributed by atoms with E-state index in [0.717, 1.165) is 29.5 Å². The molecule has 2 heterocycles. The van der Waals surface area contributed by atoms with Crippen molar-refractivity contribution in [2.45, 2.75) is 25.5 Å². The Hall–Kier alpha value is -3.44. The van der Waals surface area contributed by atoms with Crippen LogP contribution in [0.15, 0.2) is 78.9 Å². The van der Waals surface area contributed by atoms with Gasteiger partial charge in [-0.3, -0.25) is 9.59 Å². The van der Waals surface area contributed by atoms with Gasteiger partial charge in [-0.1, -0.05) is 60.7 Å². The summed E-state index contributed by atoms with van der Waals surface area (Å²) in [4.78, 5) is 29.1. The van der Waals surface area contributed by atoms with Crippen LogP contribution < -0.4 is 0 Å². The van der Waals surface area contributed by atoms with E-state index in [-0.39, 0.29) is 11.9 Å². The number of H-pyrrole nitrogens is 1. The summed E-state index contributed by atoms with van der Waals surface area (Å²) in [6.07, 6.45) is 8.84. The van der Waals surface area contributed by atoms with Crippen LogP contribution in [0.2, 0.25) is 0 Å². The summed E-state index contributed by atoms with van der Waals surface area (Å²) in [7, 11) is 0. The maximum Gasteiger partial charge on any atom is 0.246 e. The summed E-state index contributed by atoms with van der Waals surface area (Å²) in [6.45, 7) is 1.53. The molecule has 1 N–H and O–H groups in total. The van der Waals surface area contributed by atoms with Crippen molar-refractivity contribution in [3.63, 3.8) is 0 Å². The maximum absolute atomic E-state index is 13.0. The Kier molecular flexibility index (Phi) is 6.75. The molecule has 1 amide bonds. The van der Waals surface area contributed by atoms with E-state index in [4.69, 9.17) is 4.74 Å². The van der Waals surface area contributed by atoms with Crippen LogP contribution in [-0.2, 0) is 27.4 Å². The minimum Gasteiger partial charge on any atom is -0.373 e. The molecule has 1 aromatic heterocycles. The fourth-order valence-corrected chi connectivity index (χ4v) is 4.15. The minimum absolute atomic E-state index is 0.0443. The molecular weight excluding hydrogens is 388 g/mol. The minimum atomic E-state index is -0.130. The number of carbonyl (C=O) groups excluding carboxylic acids is 2. The maximum atomic E-state index is 13.0. The van der Waals surface area contributed by atoms with Crippen molar-refractivity contribution < 1.29 is 14.3 Å². The number of para-hydroxylation sites is 1. The van der Waals surface area contributed by atoms with Gasteiger partial charge in [-0.25, -0.2) is 0 Å². The van der Waals surface area contributed by atoms with Crippen LogP contribution in [0.5, 0.6) is 0 Å². The highest BCUT2D eigenvalue weighted by Crippen LogP contribution is 2.36. The quantitative estimate of drug-likeness (QED) is 0.335. The molecule has 158 valence electrons. The van der Waals surface area contributed by atoms with Gasteiger partial charge in [0.25, 0.3) is 0 Å². The van der Waals surface area contributed by atoms with E-state index in [2.05, 4.69) is 17.1 Å². The third-order valence-corrected chi connectivity index (χ3v) is 5.60. The Balaban J connectivity index is 1.46. The summed E-state index contributed by atoms with van der Waals surface area (Å²) < 4.78 is 5.65. The van der Waals surface area contributed by atoms with Crippen molar-refractivity contribution in [1.29, 1.82) is 0 Å². The second-order valence-electron chi connectivity index (χ2n) is 7.56. The molecule has 0 fully saturated rings. The smallest absolute Gasteiger partial charge is 0.246 e. The molecule has 5 heteroatoms. The normalized spacial score (nSPS) is 16.3. The summed E-state index contributed by atoms with van der Waals surface area (Å²) in [6, 6.07) is 18.0. The number of hydrogen-bond donors (Lipinski definition) is 1. The average Bonchev–Trinajstić information content (AvgIpc) is 3.19. The van der Waals surface area contributed by atoms with Crippen molar-refractivity contribution >= 4 is 23.1 Å². The first-order valence-corrected chi connectivity index (χ1v) is 10.6. The summed E-state index contributed by atoms with van der Waals surface area (Å²) in [5, 5.41) is 1.21. The molecule has 1 atom stereocenters. The van der Waals surface area contributed by atoms with Crippen LogP contribution in [0.4, 0.5) is 0 Å². The predicted octanol–water partition coefficient (Wildman–Crippen LogP) is 4.51. The van der Waals surface area contributed by atoms with Gasteiger partial charge in [-0.05, 0) is 36.1 Å². The van der Waals surface area contributed by atoms with Crippen LogP contribution in [-0.4, -0.2) is 35.2 Å². The van der Waals surface area contributed by atoms with Crippen LogP contribution in [0, 0.1) is 0 Å². The lowest BCUT2D eigenvalue weighted by Gasteiger charge is -2.34. The van der Waals surface area contributed by atoms with Crippen molar-refractivity contribution in [3.05, 3.63) is 95.7 Å². The van der Waals surface area contributed by atoms with Crippen molar-refractivity contribution in [3.8, 4) is 0 Å². The van der Waals surface area contributed by atoms with Gasteiger partial charge in [-0.2, -0.15) is 0 Å². The van der Waals surface area contributed by atoms with Crippen LogP contribution >= 0.6 is 0 Å². The molecular formula is C26H26N2O3. The molecule has 0 bridgehead atoms. The summed E-state index contributed by atoms with van der Waals surface area (Å²) >= 11 is 0. The van der Waals surface area contributed by atoms with Gasteiger partial charge in [0.2, 0.25) is 5.91 Å². The second kappa shape index (κ2) is 10.0. The first-order valence-electron chi connectivity index (χ1n) is 10.6. The lowest BCUT2D eigenvalue weighted by atomic mass is 9.95. The number of aldehydes is 1. The number of fused-ring (bicyclic) bond motifs is 3. The number of carbonyl (C=O) groups is 2. The first-order chi connectivity index (χ1) is 15.3. The van der Waals surface area contributed by atoms with Crippen molar-refractivity contribution in [2.75, 3.05) is 13.2 Å². The van der Waals surface area contributed by atoms with E-state index < -0.39 is 0 Å². The Bertz CT molecular complexity index is 1100. The number of aromatic amines is 1. The fraction of sp³-hybridized carbons (Fsp3) is 0.231. The standard InChI is InChI=1S/C26H26N2O3/c29-17-7-6-13-24-26-22(21-11-4-5-12-23(21)27-26)15-16-28(24)25(30)14-8-18-31-19-20-9-2-1-3-10-20/h1-12,14,17,24,27H,13,15-16,18-19H2/b7-6+,14-8+/t24-/m1/s1. The zero-order valence-electron chi connectivity index (χ0n) is 17.4. The Morgan fingerprint density at radius 3 is 2.74 bits per heavy atom. The molecule has 1 aliphatic heterocycles. The van der Waals surface area contributed by atoms with Gasteiger partial charge >= 0.3 is 0 Å². The topological polar surface area (TPSA) is 62.4 Å². The fourth-order valence-electron chi connectivity index (χ4n) is 4.15. The Morgan fingerprint density at radius 2 is 1.90 bits per heavy atom. The molecule has 3 aromatic rings. The molecule has 31 heavy (non-hydrogen) atoms. The Morgan fingerprint density at radius 1 is 1.10 bits per heavy atom. The second-order valence-corrected chi connectivity index (χ2v) is 7.56. The van der Waals surface area contributed by atoms with E-state index in [1.165, 1.54) is 17.0 Å². The van der Waals surface area contributed by atoms with E-state index in [9.17, 15) is 9.59 Å². The number of hydrogen-bond acceptors (Lipinski definition) is 3. The van der Waals surface area contributed by atoms with E-state index in [1.807, 2.05) is 53.4 Å². The Labute approximate surface area is 182 Å². The van der Waals surface area contributed by atoms with E-state index >= 15 is 0 Å². The highest BCUT2D eigenvalue weighted by Gasteiger charge is 2.31. The average molecular weight is 415 g/mol. The van der Waals surface area contributed by atoms with Gasteiger partial charge in [0.15, 0.2) is 0 Å². The number of nitrogens with zero attached hydrogens (tertiary/aromatic N) is 1. The first kappa shape index (κ1) is 20.8. The van der Waals surface area contributed by atoms with Crippen molar-refractivity contribution in [1.82, 2.24) is 9.88 Å². The van der Waals surface area contributed by atoms with Gasteiger partial charge in [0.05, 0.1) is 19.3 Å². The monoisotopic (exact) mass is 414 g/mol. The number of rotatable bonds is 8. The molecule has 4 rings (SSSR count). The summed E-state index contributed by atoms with van der Waals surface area (Å²) in [5.41, 5.74) is 4.51. The number of ether oxygens (including phenoxy) is 1. The van der Waals surface area contributed by atoms with Gasteiger partial charge in [0, 0.05) is 29.2 Å². The molecule has 1 aliphatic rings. The predicted molar refractivity (Wildman–Crippen MR) is 122 cm³/mol. The number of amides is 1. The van der Waals surface area contributed by atoms with Crippen LogP contribution in [0.1, 0.15) is 29.3 Å². The SMILES string of the molecule is O=C/C=C/C[C@@H]1c2[nH]c3ccccc3c2CCN1C(=O)/C=C/COCc1ccccc1. The van der Waals surface area contributed by atoms with Crippen molar-refractivity contribution in [2.24, 2.45) is 0 Å². The highest BCUT2D eigenvalue weighted by molar-refractivity contribution is 5.90. The summed E-state index contributed by atoms with van der Waals surface area (Å²) in [5.74, 6) is -0.0443. The molecule has 0 saturated carbocycles. The zero-order chi connectivity index (χ0) is 21.5. The van der Waals surface area contributed by atoms with Gasteiger partial charge in [-0.15, -0.1) is 0 Å². The lowest BCUT2D eigenvalue weighted by Crippen LogP contribution is -2.39. The molecule has 0 unspecified atom stereocenters. The van der Waals surface area contributed by atoms with Gasteiger partial charge < -0.3 is 14.6 Å². The number of aromatic nitrogens is 1. The zero-order valence-corrected chi connectivity index (χ0v) is 17.4. The molecule has 5 nitrogen and oxygen atoms in total. The highest BCUT2D eigenvalue weighted by atomic mass is 16.5. The molecule has 0 radical (unpaired) electrons. The molecule has 0 spiro atoms. The molecule has 2 aromatic carbocycles. The van der Waals surface area contributed by atoms with Crippen LogP contribution in [0.25, 0.3) is 10.9 Å². The third-order valence-electron chi connectivity index (χ3n) is 5.60.